The predicted molar refractivity (Wildman–Crippen MR) is 68.4 cm³/mol. The number of amides is 1. The second-order valence-corrected chi connectivity index (χ2v) is 3.80. The summed E-state index contributed by atoms with van der Waals surface area (Å²) in [4.78, 5) is 21.1. The number of benzene rings is 1. The highest BCUT2D eigenvalue weighted by atomic mass is 16.6. The summed E-state index contributed by atoms with van der Waals surface area (Å²) in [6.45, 7) is 1.62. The Morgan fingerprint density at radius 3 is 2.50 bits per heavy atom. The van der Waals surface area contributed by atoms with Crippen LogP contribution >= 0.6 is 0 Å². The first-order valence-corrected chi connectivity index (χ1v) is 5.47. The van der Waals surface area contributed by atoms with Gasteiger partial charge in [0.25, 0.3) is 5.91 Å². The van der Waals surface area contributed by atoms with Crippen LogP contribution in [0.2, 0.25) is 0 Å². The van der Waals surface area contributed by atoms with E-state index >= 15 is 0 Å². The molecule has 0 heterocycles. The van der Waals surface area contributed by atoms with Crippen molar-refractivity contribution in [2.45, 2.75) is 13.3 Å². The van der Waals surface area contributed by atoms with E-state index in [2.05, 4.69) is 0 Å². The lowest BCUT2D eigenvalue weighted by atomic mass is 9.96. The van der Waals surface area contributed by atoms with Gasteiger partial charge in [0.15, 0.2) is 5.75 Å². The van der Waals surface area contributed by atoms with Crippen molar-refractivity contribution in [1.82, 2.24) is 0 Å². The summed E-state index contributed by atoms with van der Waals surface area (Å²) in [6, 6.07) is 3.62. The highest BCUT2D eigenvalue weighted by Crippen LogP contribution is 2.39. The molecule has 1 aromatic rings. The average Bonchev–Trinajstić information content (AvgIpc) is 2.38. The van der Waals surface area contributed by atoms with Crippen LogP contribution in [-0.4, -0.2) is 21.0 Å². The number of carbonyl (C=O) groups excluding carboxylic acids is 1. The van der Waals surface area contributed by atoms with Gasteiger partial charge in [-0.3, -0.25) is 14.9 Å². The third-order valence-electron chi connectivity index (χ3n) is 2.63. The average molecular weight is 277 g/mol. The number of rotatable bonds is 4. The van der Waals surface area contributed by atoms with Crippen LogP contribution < -0.4 is 5.73 Å². The fourth-order valence-corrected chi connectivity index (χ4v) is 1.71. The van der Waals surface area contributed by atoms with Gasteiger partial charge in [-0.15, -0.1) is 0 Å². The van der Waals surface area contributed by atoms with Gasteiger partial charge < -0.3 is 15.9 Å². The zero-order valence-corrected chi connectivity index (χ0v) is 10.5. The monoisotopic (exact) mass is 277 g/mol. The Bertz CT molecular complexity index is 658. The number of carbonyl (C=O) groups is 1. The van der Waals surface area contributed by atoms with E-state index in [4.69, 9.17) is 11.0 Å². The number of hydrogen-bond donors (Lipinski definition) is 3. The number of primary amides is 1. The number of aromatic hydroxyl groups is 2. The SMILES string of the molecule is CCC(=C(C#N)C(N)=O)c1cc(O)c(O)c([N+](=O)[O-])c1. The van der Waals surface area contributed by atoms with E-state index in [0.29, 0.717) is 0 Å². The highest BCUT2D eigenvalue weighted by Gasteiger charge is 2.22. The van der Waals surface area contributed by atoms with Gasteiger partial charge in [0, 0.05) is 6.07 Å². The standard InChI is InChI=1S/C12H11N3O5/c1-2-7(8(5-13)12(14)18)6-3-9(15(19)20)11(17)10(16)4-6/h3-4,16-17H,2H2,1H3,(H2,14,18). The quantitative estimate of drug-likeness (QED) is 0.247. The van der Waals surface area contributed by atoms with Gasteiger partial charge in [-0.05, 0) is 23.6 Å². The van der Waals surface area contributed by atoms with Crippen molar-refractivity contribution in [3.8, 4) is 17.6 Å². The zero-order valence-electron chi connectivity index (χ0n) is 10.5. The molecule has 0 aliphatic heterocycles. The van der Waals surface area contributed by atoms with Crippen LogP contribution in [0, 0.1) is 21.4 Å². The first kappa shape index (κ1) is 15.0. The third kappa shape index (κ3) is 2.67. The lowest BCUT2D eigenvalue weighted by molar-refractivity contribution is -0.386. The van der Waals surface area contributed by atoms with Gasteiger partial charge in [-0.2, -0.15) is 5.26 Å². The number of hydrogen-bond acceptors (Lipinski definition) is 6. The van der Waals surface area contributed by atoms with Gasteiger partial charge in [-0.1, -0.05) is 6.92 Å². The van der Waals surface area contributed by atoms with Crippen molar-refractivity contribution in [2.24, 2.45) is 5.73 Å². The maximum Gasteiger partial charge on any atom is 0.315 e. The van der Waals surface area contributed by atoms with E-state index in [9.17, 15) is 25.1 Å². The number of nitro groups is 1. The number of nitrogens with zero attached hydrogens (tertiary/aromatic N) is 2. The molecule has 0 saturated heterocycles. The molecule has 0 unspecified atom stereocenters. The lowest BCUT2D eigenvalue weighted by Crippen LogP contribution is -2.14. The molecule has 0 aliphatic carbocycles. The molecule has 0 saturated carbocycles. The summed E-state index contributed by atoms with van der Waals surface area (Å²) in [5, 5.41) is 38.6. The first-order valence-electron chi connectivity index (χ1n) is 5.47. The Morgan fingerprint density at radius 2 is 2.10 bits per heavy atom. The van der Waals surface area contributed by atoms with Crippen LogP contribution in [0.4, 0.5) is 5.69 Å². The van der Waals surface area contributed by atoms with Gasteiger partial charge >= 0.3 is 5.69 Å². The minimum Gasteiger partial charge on any atom is -0.504 e. The molecule has 4 N–H and O–H groups in total. The predicted octanol–water partition coefficient (Wildman–Crippen LogP) is 1.18. The van der Waals surface area contributed by atoms with E-state index < -0.39 is 28.0 Å². The molecule has 0 atom stereocenters. The number of nitro benzene ring substituents is 1. The molecule has 0 bridgehead atoms. The van der Waals surface area contributed by atoms with Crippen LogP contribution in [0.1, 0.15) is 18.9 Å². The summed E-state index contributed by atoms with van der Waals surface area (Å²) in [5.74, 6) is -2.58. The van der Waals surface area contributed by atoms with E-state index in [1.54, 1.807) is 13.0 Å². The fourth-order valence-electron chi connectivity index (χ4n) is 1.71. The third-order valence-corrected chi connectivity index (χ3v) is 2.63. The molecule has 0 aromatic heterocycles. The number of allylic oxidation sites excluding steroid dienone is 1. The number of nitriles is 1. The largest absolute Gasteiger partial charge is 0.504 e. The highest BCUT2D eigenvalue weighted by molar-refractivity contribution is 6.04. The Labute approximate surface area is 113 Å². The molecule has 8 heteroatoms. The van der Waals surface area contributed by atoms with Crippen LogP contribution in [0.25, 0.3) is 5.57 Å². The van der Waals surface area contributed by atoms with Gasteiger partial charge in [0.1, 0.15) is 11.6 Å². The Morgan fingerprint density at radius 1 is 1.50 bits per heavy atom. The lowest BCUT2D eigenvalue weighted by Gasteiger charge is -2.08. The van der Waals surface area contributed by atoms with E-state index in [-0.39, 0.29) is 23.1 Å². The number of phenolic OH excluding ortho intramolecular Hbond substituents is 2. The molecule has 0 radical (unpaired) electrons. The smallest absolute Gasteiger partial charge is 0.315 e. The Hall–Kier alpha value is -3.08. The summed E-state index contributed by atoms with van der Waals surface area (Å²) in [7, 11) is 0. The summed E-state index contributed by atoms with van der Waals surface area (Å²) < 4.78 is 0. The minimum absolute atomic E-state index is 0.0739. The molecular weight excluding hydrogens is 266 g/mol. The second kappa shape index (κ2) is 5.71. The van der Waals surface area contributed by atoms with E-state index in [1.165, 1.54) is 0 Å². The Kier molecular flexibility index (Phi) is 4.27. The van der Waals surface area contributed by atoms with E-state index in [0.717, 1.165) is 12.1 Å². The number of nitrogens with two attached hydrogens (primary N) is 1. The van der Waals surface area contributed by atoms with E-state index in [1.807, 2.05) is 0 Å². The fraction of sp³-hybridized carbons (Fsp3) is 0.167. The number of phenols is 2. The molecular formula is C12H11N3O5. The topological polar surface area (TPSA) is 150 Å². The molecule has 1 aromatic carbocycles. The molecule has 104 valence electrons. The summed E-state index contributed by atoms with van der Waals surface area (Å²) in [5.41, 5.74) is 4.20. The molecule has 0 aliphatic rings. The van der Waals surface area contributed by atoms with Crippen molar-refractivity contribution in [3.05, 3.63) is 33.4 Å². The summed E-state index contributed by atoms with van der Waals surface area (Å²) in [6.07, 6.45) is 0.188. The normalized spacial score (nSPS) is 11.4. The molecule has 8 nitrogen and oxygen atoms in total. The maximum absolute atomic E-state index is 11.2. The molecule has 1 amide bonds. The van der Waals surface area contributed by atoms with Crippen LogP contribution in [0.5, 0.6) is 11.5 Å². The van der Waals surface area contributed by atoms with Gasteiger partial charge in [0.2, 0.25) is 5.75 Å². The molecule has 20 heavy (non-hydrogen) atoms. The van der Waals surface area contributed by atoms with Crippen molar-refractivity contribution in [3.63, 3.8) is 0 Å². The van der Waals surface area contributed by atoms with Crippen molar-refractivity contribution >= 4 is 17.2 Å². The summed E-state index contributed by atoms with van der Waals surface area (Å²) >= 11 is 0. The maximum atomic E-state index is 11.2. The Balaban J connectivity index is 3.66. The minimum atomic E-state index is -0.973. The van der Waals surface area contributed by atoms with Gasteiger partial charge in [-0.25, -0.2) is 0 Å². The van der Waals surface area contributed by atoms with Crippen LogP contribution in [-0.2, 0) is 4.79 Å². The second-order valence-electron chi connectivity index (χ2n) is 3.80. The van der Waals surface area contributed by atoms with Crippen LogP contribution in [0.15, 0.2) is 17.7 Å². The molecule has 1 rings (SSSR count). The van der Waals surface area contributed by atoms with Crippen molar-refractivity contribution in [1.29, 1.82) is 5.26 Å². The van der Waals surface area contributed by atoms with Crippen molar-refractivity contribution in [2.75, 3.05) is 0 Å². The zero-order chi connectivity index (χ0) is 15.4. The van der Waals surface area contributed by atoms with Gasteiger partial charge in [0.05, 0.1) is 4.92 Å². The first-order chi connectivity index (χ1) is 9.33. The van der Waals surface area contributed by atoms with Crippen LogP contribution in [0.3, 0.4) is 0 Å². The molecule has 0 fully saturated rings. The van der Waals surface area contributed by atoms with Crippen molar-refractivity contribution < 1.29 is 19.9 Å². The molecule has 0 spiro atoms.